The van der Waals surface area contributed by atoms with E-state index in [1.807, 2.05) is 20.8 Å². The largest absolute Gasteiger partial charge is 0.460 e. The summed E-state index contributed by atoms with van der Waals surface area (Å²) in [6.45, 7) is 12.7. The van der Waals surface area contributed by atoms with Crippen molar-refractivity contribution < 1.29 is 27.4 Å². The monoisotopic (exact) mass is 408 g/mol. The van der Waals surface area contributed by atoms with E-state index < -0.39 is 15.6 Å². The molecule has 150 valence electrons. The molecule has 0 aromatic carbocycles. The highest BCUT2D eigenvalue weighted by molar-refractivity contribution is 7.93. The lowest BCUT2D eigenvalue weighted by molar-refractivity contribution is -0.268. The van der Waals surface area contributed by atoms with E-state index in [9.17, 15) is 13.2 Å². The van der Waals surface area contributed by atoms with Gasteiger partial charge in [-0.3, -0.25) is 4.79 Å². The van der Waals surface area contributed by atoms with E-state index in [0.29, 0.717) is 18.0 Å². The number of rotatable bonds is 3. The maximum atomic E-state index is 12.1. The topological polar surface area (TPSA) is 105 Å². The number of ether oxygens (including phenoxy) is 3. The molecule has 0 saturated carbocycles. The molecule has 0 N–H and O–H groups in total. The summed E-state index contributed by atoms with van der Waals surface area (Å²) in [6, 6.07) is 0. The van der Waals surface area contributed by atoms with Gasteiger partial charge in [-0.15, -0.1) is 10.2 Å². The highest BCUT2D eigenvalue weighted by Crippen LogP contribution is 2.25. The highest BCUT2D eigenvalue weighted by Gasteiger charge is 2.33. The molecule has 0 unspecified atom stereocenters. The van der Waals surface area contributed by atoms with E-state index in [1.165, 1.54) is 6.92 Å². The second-order valence-electron chi connectivity index (χ2n) is 7.35. The van der Waals surface area contributed by atoms with Crippen molar-refractivity contribution in [3.63, 3.8) is 0 Å². The molecule has 10 heteroatoms. The standard InChI is InChI=1S/C10H16N2O4S2.C6H12O2/c1-7-11-12-9(17-7)18(13,14)6-8-4-5-15-10(2,3)16-8;1-5(7)8-6(2,3)4/h8H,4-6H2,1-3H3;1-4H3/t8-;/m1./s1. The van der Waals surface area contributed by atoms with Gasteiger partial charge in [0.15, 0.2) is 5.79 Å². The SMILES string of the molecule is CC(=O)OC(C)(C)C.Cc1nnc(S(=O)(=O)C[C@H]2CCOC(C)(C)O2)s1. The summed E-state index contributed by atoms with van der Waals surface area (Å²) in [5.74, 6) is -1.03. The molecule has 26 heavy (non-hydrogen) atoms. The number of carbonyl (C=O) groups excluding carboxylic acids is 1. The zero-order valence-electron chi connectivity index (χ0n) is 16.4. The van der Waals surface area contributed by atoms with Crippen molar-refractivity contribution in [2.45, 2.75) is 76.7 Å². The van der Waals surface area contributed by atoms with Gasteiger partial charge in [0, 0.05) is 6.92 Å². The minimum absolute atomic E-state index is 0.0629. The fourth-order valence-corrected chi connectivity index (χ4v) is 4.72. The fraction of sp³-hybridized carbons (Fsp3) is 0.812. The Morgan fingerprint density at radius 1 is 1.35 bits per heavy atom. The van der Waals surface area contributed by atoms with E-state index in [-0.39, 0.29) is 27.8 Å². The lowest BCUT2D eigenvalue weighted by Crippen LogP contribution is -2.42. The summed E-state index contributed by atoms with van der Waals surface area (Å²) < 4.78 is 40.1. The van der Waals surface area contributed by atoms with Gasteiger partial charge in [-0.05, 0) is 48.0 Å². The summed E-state index contributed by atoms with van der Waals surface area (Å²) in [7, 11) is -3.42. The van der Waals surface area contributed by atoms with E-state index in [2.05, 4.69) is 10.2 Å². The van der Waals surface area contributed by atoms with E-state index in [0.717, 1.165) is 11.3 Å². The van der Waals surface area contributed by atoms with Gasteiger partial charge < -0.3 is 14.2 Å². The normalized spacial score (nSPS) is 20.0. The van der Waals surface area contributed by atoms with E-state index in [4.69, 9.17) is 14.2 Å². The van der Waals surface area contributed by atoms with Crippen molar-refractivity contribution in [1.82, 2.24) is 10.2 Å². The molecule has 0 aliphatic carbocycles. The molecule has 0 spiro atoms. The number of esters is 1. The first-order valence-corrected chi connectivity index (χ1v) is 10.7. The quantitative estimate of drug-likeness (QED) is 0.703. The molecule has 2 rings (SSSR count). The maximum absolute atomic E-state index is 12.1. The van der Waals surface area contributed by atoms with Crippen molar-refractivity contribution in [3.8, 4) is 0 Å². The van der Waals surface area contributed by atoms with E-state index in [1.54, 1.807) is 20.8 Å². The van der Waals surface area contributed by atoms with Gasteiger partial charge in [0.1, 0.15) is 10.6 Å². The molecule has 1 aliphatic rings. The zero-order valence-corrected chi connectivity index (χ0v) is 18.0. The van der Waals surface area contributed by atoms with Crippen LogP contribution in [0.2, 0.25) is 0 Å². The molecular formula is C16H28N2O6S2. The smallest absolute Gasteiger partial charge is 0.303 e. The van der Waals surface area contributed by atoms with Crippen molar-refractivity contribution in [3.05, 3.63) is 5.01 Å². The van der Waals surface area contributed by atoms with Gasteiger partial charge in [0.05, 0.1) is 18.5 Å². The molecule has 0 radical (unpaired) electrons. The number of hydrogen-bond acceptors (Lipinski definition) is 9. The van der Waals surface area contributed by atoms with Crippen molar-refractivity contribution in [2.24, 2.45) is 0 Å². The number of nitrogens with zero attached hydrogens (tertiary/aromatic N) is 2. The third-order valence-electron chi connectivity index (χ3n) is 2.97. The minimum Gasteiger partial charge on any atom is -0.460 e. The number of carbonyl (C=O) groups is 1. The third kappa shape index (κ3) is 8.52. The molecular weight excluding hydrogens is 380 g/mol. The van der Waals surface area contributed by atoms with Gasteiger partial charge in [0.25, 0.3) is 0 Å². The average molecular weight is 409 g/mol. The molecule has 1 aromatic rings. The first-order valence-electron chi connectivity index (χ1n) is 8.24. The van der Waals surface area contributed by atoms with Crippen LogP contribution in [0.15, 0.2) is 4.34 Å². The number of aryl methyl sites for hydroxylation is 1. The predicted octanol–water partition coefficient (Wildman–Crippen LogP) is 2.51. The molecule has 1 fully saturated rings. The number of aromatic nitrogens is 2. The van der Waals surface area contributed by atoms with Crippen LogP contribution >= 0.6 is 11.3 Å². The lowest BCUT2D eigenvalue weighted by atomic mass is 10.2. The molecule has 1 aliphatic heterocycles. The summed E-state index contributed by atoms with van der Waals surface area (Å²) in [4.78, 5) is 10.2. The van der Waals surface area contributed by atoms with E-state index >= 15 is 0 Å². The molecule has 1 saturated heterocycles. The zero-order chi connectivity index (χ0) is 20.2. The summed E-state index contributed by atoms with van der Waals surface area (Å²) >= 11 is 1.09. The molecule has 1 aromatic heterocycles. The Morgan fingerprint density at radius 3 is 2.35 bits per heavy atom. The van der Waals surface area contributed by atoms with Crippen LogP contribution in [-0.2, 0) is 28.8 Å². The average Bonchev–Trinajstić information content (AvgIpc) is 2.82. The molecule has 1 atom stereocenters. The summed E-state index contributed by atoms with van der Waals surface area (Å²) in [6.07, 6.45) is 0.212. The second-order valence-corrected chi connectivity index (χ2v) is 10.7. The predicted molar refractivity (Wildman–Crippen MR) is 97.7 cm³/mol. The van der Waals surface area contributed by atoms with Crippen LogP contribution in [0.4, 0.5) is 0 Å². The van der Waals surface area contributed by atoms with Gasteiger partial charge >= 0.3 is 5.97 Å². The molecule has 8 nitrogen and oxygen atoms in total. The van der Waals surface area contributed by atoms with Crippen LogP contribution in [0.3, 0.4) is 0 Å². The Kier molecular flexibility index (Phi) is 7.70. The second kappa shape index (κ2) is 8.73. The first kappa shape index (κ1) is 22.9. The van der Waals surface area contributed by atoms with Gasteiger partial charge in [0.2, 0.25) is 14.2 Å². The van der Waals surface area contributed by atoms with Crippen molar-refractivity contribution >= 4 is 27.1 Å². The van der Waals surface area contributed by atoms with Crippen molar-refractivity contribution in [1.29, 1.82) is 0 Å². The molecule has 2 heterocycles. The molecule has 0 bridgehead atoms. The van der Waals surface area contributed by atoms with Gasteiger partial charge in [-0.1, -0.05) is 11.3 Å². The molecule has 0 amide bonds. The number of sulfone groups is 1. The lowest BCUT2D eigenvalue weighted by Gasteiger charge is -2.35. The summed E-state index contributed by atoms with van der Waals surface area (Å²) in [5.41, 5.74) is -0.328. The van der Waals surface area contributed by atoms with Gasteiger partial charge in [-0.25, -0.2) is 8.42 Å². The Hall–Kier alpha value is -1.10. The van der Waals surface area contributed by atoms with Crippen LogP contribution in [0.25, 0.3) is 0 Å². The Bertz CT molecular complexity index is 707. The summed E-state index contributed by atoms with van der Waals surface area (Å²) in [5, 5.41) is 8.05. The highest BCUT2D eigenvalue weighted by atomic mass is 32.2. The van der Waals surface area contributed by atoms with Crippen LogP contribution in [0.5, 0.6) is 0 Å². The fourth-order valence-electron chi connectivity index (χ4n) is 2.20. The Morgan fingerprint density at radius 2 is 1.96 bits per heavy atom. The van der Waals surface area contributed by atoms with Crippen LogP contribution < -0.4 is 0 Å². The first-order chi connectivity index (χ1) is 11.7. The van der Waals surface area contributed by atoms with Crippen LogP contribution in [0, 0.1) is 6.92 Å². The van der Waals surface area contributed by atoms with Crippen LogP contribution in [-0.4, -0.2) is 54.4 Å². The van der Waals surface area contributed by atoms with Crippen molar-refractivity contribution in [2.75, 3.05) is 12.4 Å². The van der Waals surface area contributed by atoms with Crippen LogP contribution in [0.1, 0.15) is 53.0 Å². The Balaban J connectivity index is 0.000000359. The third-order valence-corrected chi connectivity index (χ3v) is 6.04. The van der Waals surface area contributed by atoms with Gasteiger partial charge in [-0.2, -0.15) is 0 Å². The maximum Gasteiger partial charge on any atom is 0.303 e. The Labute approximate surface area is 159 Å². The number of hydrogen-bond donors (Lipinski definition) is 0. The minimum atomic E-state index is -3.42.